The Kier molecular flexibility index (Phi) is 5.51. The van der Waals surface area contributed by atoms with Crippen molar-refractivity contribution >= 4 is 44.7 Å². The number of aromatic amines is 2. The second-order valence-electron chi connectivity index (χ2n) is 8.78. The summed E-state index contributed by atoms with van der Waals surface area (Å²) in [6.45, 7) is 0.293. The van der Waals surface area contributed by atoms with E-state index in [9.17, 15) is 4.79 Å². The summed E-state index contributed by atoms with van der Waals surface area (Å²) in [5, 5.41) is 16.8. The molecule has 0 spiro atoms. The zero-order valence-corrected chi connectivity index (χ0v) is 20.4. The molecule has 6 aromatic heterocycles. The van der Waals surface area contributed by atoms with Gasteiger partial charge in [-0.2, -0.15) is 16.4 Å². The van der Waals surface area contributed by atoms with Crippen LogP contribution >= 0.6 is 11.3 Å². The van der Waals surface area contributed by atoms with E-state index in [2.05, 4.69) is 58.3 Å². The highest BCUT2D eigenvalue weighted by Gasteiger charge is 2.15. The predicted octanol–water partition coefficient (Wildman–Crippen LogP) is 4.79. The number of anilines is 1. The van der Waals surface area contributed by atoms with Crippen molar-refractivity contribution in [3.63, 3.8) is 0 Å². The molecular weight excluding hydrogens is 472 g/mol. The number of rotatable bonds is 6. The normalized spacial score (nSPS) is 11.5. The molecule has 10 heteroatoms. The molecule has 0 aliphatic rings. The summed E-state index contributed by atoms with van der Waals surface area (Å²) in [7, 11) is 3.70. The molecule has 6 heterocycles. The van der Waals surface area contributed by atoms with Crippen LogP contribution in [0.1, 0.15) is 0 Å². The Morgan fingerprint density at radius 3 is 2.72 bits per heavy atom. The summed E-state index contributed by atoms with van der Waals surface area (Å²) in [6, 6.07) is 8.07. The van der Waals surface area contributed by atoms with E-state index in [1.165, 1.54) is 0 Å². The van der Waals surface area contributed by atoms with Gasteiger partial charge in [0.1, 0.15) is 5.69 Å². The lowest BCUT2D eigenvalue weighted by atomic mass is 10.1. The second kappa shape index (κ2) is 8.99. The highest BCUT2D eigenvalue weighted by Crippen LogP contribution is 2.35. The van der Waals surface area contributed by atoms with Gasteiger partial charge in [0.15, 0.2) is 0 Å². The maximum absolute atomic E-state index is 12.2. The number of aromatic nitrogens is 6. The number of H-pyrrole nitrogens is 2. The number of thiophene rings is 1. The van der Waals surface area contributed by atoms with E-state index in [0.717, 1.165) is 55.6 Å². The van der Waals surface area contributed by atoms with Gasteiger partial charge in [-0.25, -0.2) is 0 Å². The number of pyridine rings is 3. The number of carbonyl (C=O) groups excluding carboxylic acids is 1. The average molecular weight is 495 g/mol. The van der Waals surface area contributed by atoms with Crippen LogP contribution in [0, 0.1) is 0 Å². The molecule has 0 saturated heterocycles. The third-order valence-electron chi connectivity index (χ3n) is 5.86. The van der Waals surface area contributed by atoms with Gasteiger partial charge in [-0.3, -0.25) is 24.8 Å². The summed E-state index contributed by atoms with van der Waals surface area (Å²) in [4.78, 5) is 30.8. The van der Waals surface area contributed by atoms with E-state index in [1.54, 1.807) is 29.9 Å². The summed E-state index contributed by atoms with van der Waals surface area (Å²) in [6.07, 6.45) is 8.85. The van der Waals surface area contributed by atoms with E-state index < -0.39 is 0 Å². The van der Waals surface area contributed by atoms with Crippen molar-refractivity contribution in [2.75, 3.05) is 26.0 Å². The Hall–Kier alpha value is -4.41. The molecular formula is C26H22N8OS. The fourth-order valence-corrected chi connectivity index (χ4v) is 4.90. The first kappa shape index (κ1) is 22.1. The van der Waals surface area contributed by atoms with Gasteiger partial charge in [0.25, 0.3) is 0 Å². The minimum absolute atomic E-state index is 0.102. The van der Waals surface area contributed by atoms with Gasteiger partial charge in [0.05, 0.1) is 53.2 Å². The maximum Gasteiger partial charge on any atom is 0.238 e. The number of carbonyl (C=O) groups is 1. The van der Waals surface area contributed by atoms with Crippen LogP contribution in [0.25, 0.3) is 55.6 Å². The molecule has 3 N–H and O–H groups in total. The second-order valence-corrected chi connectivity index (χ2v) is 9.56. The molecule has 9 nitrogen and oxygen atoms in total. The molecule has 0 radical (unpaired) electrons. The lowest BCUT2D eigenvalue weighted by Gasteiger charge is -2.10. The zero-order chi connectivity index (χ0) is 24.6. The molecule has 36 heavy (non-hydrogen) atoms. The van der Waals surface area contributed by atoms with Crippen molar-refractivity contribution in [2.24, 2.45) is 0 Å². The fraction of sp³-hybridized carbons (Fsp3) is 0.115. The Labute approximate surface area is 210 Å². The number of hydrogen-bond acceptors (Lipinski definition) is 7. The minimum atomic E-state index is -0.102. The molecule has 0 fully saturated rings. The lowest BCUT2D eigenvalue weighted by Crippen LogP contribution is -2.27. The smallest absolute Gasteiger partial charge is 0.238 e. The van der Waals surface area contributed by atoms with Gasteiger partial charge in [-0.05, 0) is 54.7 Å². The van der Waals surface area contributed by atoms with Gasteiger partial charge in [-0.1, -0.05) is 0 Å². The minimum Gasteiger partial charge on any atom is -0.352 e. The van der Waals surface area contributed by atoms with E-state index in [0.29, 0.717) is 12.2 Å². The van der Waals surface area contributed by atoms with Crippen LogP contribution in [0.4, 0.5) is 5.69 Å². The summed E-state index contributed by atoms with van der Waals surface area (Å²) < 4.78 is 0. The molecule has 0 saturated carbocycles. The Balaban J connectivity index is 1.38. The first-order valence-electron chi connectivity index (χ1n) is 11.3. The highest BCUT2D eigenvalue weighted by atomic mass is 32.1. The SMILES string of the molecule is CN(C)CC(=O)Nc1cncc(-c2cc3c(-c4cc5c(-c6ccsc6)cncc5[nH]4)n[nH]c3cn2)c1. The van der Waals surface area contributed by atoms with Crippen molar-refractivity contribution in [3.05, 3.63) is 66.0 Å². The first-order chi connectivity index (χ1) is 17.5. The van der Waals surface area contributed by atoms with Gasteiger partial charge in [-0.15, -0.1) is 0 Å². The quantitative estimate of drug-likeness (QED) is 0.307. The van der Waals surface area contributed by atoms with Gasteiger partial charge in [0.2, 0.25) is 5.91 Å². The molecule has 0 unspecified atom stereocenters. The Bertz CT molecular complexity index is 1700. The lowest BCUT2D eigenvalue weighted by molar-refractivity contribution is -0.116. The summed E-state index contributed by atoms with van der Waals surface area (Å²) in [5.41, 5.74) is 7.84. The van der Waals surface area contributed by atoms with Crippen LogP contribution in [0.3, 0.4) is 0 Å². The van der Waals surface area contributed by atoms with Crippen molar-refractivity contribution < 1.29 is 4.79 Å². The van der Waals surface area contributed by atoms with Gasteiger partial charge in [0, 0.05) is 34.3 Å². The third kappa shape index (κ3) is 4.12. The molecule has 178 valence electrons. The maximum atomic E-state index is 12.2. The first-order valence-corrected chi connectivity index (χ1v) is 12.2. The van der Waals surface area contributed by atoms with E-state index in [4.69, 9.17) is 0 Å². The van der Waals surface area contributed by atoms with Crippen LogP contribution < -0.4 is 5.32 Å². The van der Waals surface area contributed by atoms with Crippen LogP contribution in [0.5, 0.6) is 0 Å². The highest BCUT2D eigenvalue weighted by molar-refractivity contribution is 7.08. The average Bonchev–Trinajstić information content (AvgIpc) is 3.62. The van der Waals surface area contributed by atoms with Crippen molar-refractivity contribution in [3.8, 4) is 33.8 Å². The number of likely N-dealkylation sites (N-methyl/N-ethyl adjacent to an activating group) is 1. The topological polar surface area (TPSA) is 115 Å². The van der Waals surface area contributed by atoms with E-state index in [1.807, 2.05) is 43.5 Å². The molecule has 1 amide bonds. The monoisotopic (exact) mass is 494 g/mol. The fourth-order valence-electron chi connectivity index (χ4n) is 4.24. The van der Waals surface area contributed by atoms with Crippen molar-refractivity contribution in [1.82, 2.24) is 35.0 Å². The van der Waals surface area contributed by atoms with Crippen LogP contribution in [-0.2, 0) is 4.79 Å². The number of amides is 1. The zero-order valence-electron chi connectivity index (χ0n) is 19.6. The largest absolute Gasteiger partial charge is 0.352 e. The van der Waals surface area contributed by atoms with E-state index in [-0.39, 0.29) is 5.91 Å². The van der Waals surface area contributed by atoms with Crippen molar-refractivity contribution in [2.45, 2.75) is 0 Å². The van der Waals surface area contributed by atoms with Gasteiger partial charge >= 0.3 is 0 Å². The van der Waals surface area contributed by atoms with Crippen molar-refractivity contribution in [1.29, 1.82) is 0 Å². The van der Waals surface area contributed by atoms with E-state index >= 15 is 0 Å². The Morgan fingerprint density at radius 2 is 1.89 bits per heavy atom. The molecule has 0 atom stereocenters. The molecule has 0 aliphatic carbocycles. The number of hydrogen-bond donors (Lipinski definition) is 3. The number of nitrogens with one attached hydrogen (secondary N) is 3. The number of nitrogens with zero attached hydrogens (tertiary/aromatic N) is 5. The van der Waals surface area contributed by atoms with Crippen LogP contribution in [-0.4, -0.2) is 61.6 Å². The van der Waals surface area contributed by atoms with Crippen LogP contribution in [0.15, 0.2) is 66.0 Å². The molecule has 0 bridgehead atoms. The summed E-state index contributed by atoms with van der Waals surface area (Å²) >= 11 is 1.66. The van der Waals surface area contributed by atoms with Crippen LogP contribution in [0.2, 0.25) is 0 Å². The summed E-state index contributed by atoms with van der Waals surface area (Å²) in [5.74, 6) is -0.102. The Morgan fingerprint density at radius 1 is 1.00 bits per heavy atom. The molecule has 0 aliphatic heterocycles. The number of fused-ring (bicyclic) bond motifs is 2. The molecule has 0 aromatic carbocycles. The standard InChI is InChI=1S/C26H22N8OS/c1-34(2)13-25(35)30-17-5-16(8-27-9-17)21-7-19-24(12-29-21)32-33-26(19)22-6-18-20(15-3-4-36-14-15)10-28-11-23(18)31-22/h3-12,14,31H,13H2,1-2H3,(H,30,35)(H,32,33). The van der Waals surface area contributed by atoms with Gasteiger partial charge < -0.3 is 15.2 Å². The molecule has 6 aromatic rings. The third-order valence-corrected chi connectivity index (χ3v) is 6.54. The predicted molar refractivity (Wildman–Crippen MR) is 143 cm³/mol. The molecule has 6 rings (SSSR count).